The Labute approximate surface area is 487 Å². The van der Waals surface area contributed by atoms with Crippen molar-refractivity contribution in [3.8, 4) is 0 Å². The maximum atomic E-state index is 14.0. The number of ether oxygens (including phenoxy) is 2. The Balaban J connectivity index is 0.000000237. The molecular formula is C57H69F2N15O7S2. The Hall–Kier alpha value is -8.78. The van der Waals surface area contributed by atoms with Crippen molar-refractivity contribution in [2.75, 3.05) is 54.0 Å². The molecule has 6 heterocycles. The highest BCUT2D eigenvalue weighted by atomic mass is 32.1. The zero-order valence-corrected chi connectivity index (χ0v) is 49.1. The van der Waals surface area contributed by atoms with Gasteiger partial charge in [0.1, 0.15) is 62.0 Å². The molecule has 6 aromatic heterocycles. The number of carboxylic acids is 1. The number of nitrogens with one attached hydrogen (secondary N) is 2. The molecule has 0 saturated carbocycles. The molecular weight excluding hydrogens is 1110 g/mol. The summed E-state index contributed by atoms with van der Waals surface area (Å²) in [6.45, 7) is 15.0. The van der Waals surface area contributed by atoms with Crippen LogP contribution in [0.5, 0.6) is 0 Å². The van der Waals surface area contributed by atoms with E-state index < -0.39 is 52.8 Å². The zero-order chi connectivity index (χ0) is 60.4. The molecule has 26 heteroatoms. The highest BCUT2D eigenvalue weighted by Crippen LogP contribution is 2.28. The number of fused-ring (bicyclic) bond motifs is 2. The third-order valence-electron chi connectivity index (χ3n) is 11.9. The van der Waals surface area contributed by atoms with Crippen molar-refractivity contribution in [3.63, 3.8) is 0 Å². The zero-order valence-electron chi connectivity index (χ0n) is 47.4. The number of Topliss-reactive ketones (excluding diaryl/α,β-unsaturated/α-hetero) is 1. The molecule has 0 spiro atoms. The molecule has 0 radical (unpaired) electrons. The van der Waals surface area contributed by atoms with Gasteiger partial charge in [-0.15, -0.1) is 0 Å². The van der Waals surface area contributed by atoms with Crippen LogP contribution in [-0.2, 0) is 51.4 Å². The molecule has 22 nitrogen and oxygen atoms in total. The summed E-state index contributed by atoms with van der Waals surface area (Å²) in [5, 5.41) is 16.8. The van der Waals surface area contributed by atoms with E-state index in [-0.39, 0.29) is 62.9 Å². The van der Waals surface area contributed by atoms with Crippen LogP contribution in [0.1, 0.15) is 82.4 Å². The second kappa shape index (κ2) is 29.3. The number of hydrogen-bond acceptors (Lipinski definition) is 21. The SMILES string of the molecule is C[C@@H](CN(CCc1nc2c(NCc3ncccc3F)ncnc2s1)C(=O)OC(C)(C)C)C(=O)Cc1ccccc1N.C[C@@H](CN(CCc1nc2c(NCc3ncccc3F)ncnc2s1)C(=O)OC(C)(C)C)C(=O)O.Nc1ccccc1N. The van der Waals surface area contributed by atoms with E-state index in [1.807, 2.05) is 30.3 Å². The molecule has 2 atom stereocenters. The number of rotatable bonds is 20. The van der Waals surface area contributed by atoms with Crippen molar-refractivity contribution in [3.05, 3.63) is 136 Å². The van der Waals surface area contributed by atoms with Gasteiger partial charge in [0.25, 0.3) is 0 Å². The van der Waals surface area contributed by atoms with E-state index in [1.54, 1.807) is 71.6 Å². The van der Waals surface area contributed by atoms with Gasteiger partial charge < -0.3 is 52.2 Å². The normalized spacial score (nSPS) is 12.0. The number of aliphatic carboxylic acids is 1. The number of benzene rings is 2. The fourth-order valence-corrected chi connectivity index (χ4v) is 9.32. The van der Waals surface area contributed by atoms with Crippen molar-refractivity contribution < 1.29 is 42.5 Å². The molecule has 0 bridgehead atoms. The third-order valence-corrected chi connectivity index (χ3v) is 13.9. The van der Waals surface area contributed by atoms with Gasteiger partial charge >= 0.3 is 18.2 Å². The maximum absolute atomic E-state index is 14.0. The summed E-state index contributed by atoms with van der Waals surface area (Å²) in [6.07, 6.45) is 5.74. The number of carbonyl (C=O) groups excluding carboxylic acids is 3. The van der Waals surface area contributed by atoms with Crippen LogP contribution in [0.15, 0.2) is 97.8 Å². The predicted octanol–water partition coefficient (Wildman–Crippen LogP) is 9.63. The number of para-hydroxylation sites is 3. The molecule has 440 valence electrons. The number of nitrogens with zero attached hydrogens (tertiary/aromatic N) is 10. The maximum Gasteiger partial charge on any atom is 0.410 e. The topological polar surface area (TPSA) is 319 Å². The van der Waals surface area contributed by atoms with Crippen LogP contribution in [-0.4, -0.2) is 116 Å². The lowest BCUT2D eigenvalue weighted by Gasteiger charge is -2.29. The first-order chi connectivity index (χ1) is 39.3. The number of hydrogen-bond donors (Lipinski definition) is 6. The average molecular weight is 1180 g/mol. The molecule has 0 unspecified atom stereocenters. The van der Waals surface area contributed by atoms with Crippen molar-refractivity contribution in [1.29, 1.82) is 0 Å². The van der Waals surface area contributed by atoms with Crippen LogP contribution in [0.4, 0.5) is 47.1 Å². The fraction of sp³-hybridized carbons (Fsp3) is 0.368. The predicted molar refractivity (Wildman–Crippen MR) is 317 cm³/mol. The van der Waals surface area contributed by atoms with E-state index in [0.29, 0.717) is 67.2 Å². The standard InChI is InChI=1S/C29H34FN7O3S.C22H27FN6O4S.C6H8N2/c1-18(23(38)14-19-8-5-6-10-21(19)31)16-37(28(39)40-29(2,3)4)13-11-24-36-25-26(34-17-35-27(25)41-24)33-15-22-20(30)9-7-12-32-22;1-13(20(30)31)11-29(21(32)33-22(2,3)4)9-7-16-28-17-18(26-12-27-19(17)34-16)25-10-15-14(23)6-5-8-24-15;7-5-3-1-2-4-6(5)8/h5-10,12,17-18H,11,13-16,31H2,1-4H3,(H,33,34,35);5-6,8,12-13H,7,9-11H2,1-4H3,(H,30,31)(H,25,26,27);1-4H,7-8H2/t18-;13-;/m00./s1. The van der Waals surface area contributed by atoms with Crippen molar-refractivity contribution >= 4 is 96.0 Å². The van der Waals surface area contributed by atoms with Crippen LogP contribution in [0.2, 0.25) is 0 Å². The Morgan fingerprint density at radius 1 is 0.602 bits per heavy atom. The third kappa shape index (κ3) is 19.7. The molecule has 0 saturated heterocycles. The van der Waals surface area contributed by atoms with Gasteiger partial charge in [-0.3, -0.25) is 19.6 Å². The Morgan fingerprint density at radius 3 is 1.42 bits per heavy atom. The van der Waals surface area contributed by atoms with Crippen LogP contribution < -0.4 is 27.8 Å². The number of halogens is 2. The van der Waals surface area contributed by atoms with Crippen molar-refractivity contribution in [1.82, 2.24) is 49.7 Å². The molecule has 2 aromatic carbocycles. The van der Waals surface area contributed by atoms with Gasteiger partial charge in [0.05, 0.1) is 51.8 Å². The quantitative estimate of drug-likeness (QED) is 0.0387. The molecule has 2 amide bonds. The van der Waals surface area contributed by atoms with E-state index in [1.165, 1.54) is 83.8 Å². The number of thiazole rings is 2. The van der Waals surface area contributed by atoms with Gasteiger partial charge in [0.15, 0.2) is 11.6 Å². The molecule has 0 aliphatic heterocycles. The lowest BCUT2D eigenvalue weighted by molar-refractivity contribution is -0.141. The molecule has 0 aliphatic carbocycles. The summed E-state index contributed by atoms with van der Waals surface area (Å²) in [4.78, 5) is 88.7. The Bertz CT molecular complexity index is 3460. The lowest BCUT2D eigenvalue weighted by atomic mass is 9.98. The molecule has 0 aliphatic rings. The number of amides is 2. The first-order valence-electron chi connectivity index (χ1n) is 26.4. The Kier molecular flexibility index (Phi) is 22.4. The van der Waals surface area contributed by atoms with Gasteiger partial charge in [-0.1, -0.05) is 66.9 Å². The minimum atomic E-state index is -0.996. The number of carboxylic acid groups (broad SMARTS) is 1. The summed E-state index contributed by atoms with van der Waals surface area (Å²) < 4.78 is 38.9. The molecule has 8 aromatic rings. The number of pyridine rings is 2. The van der Waals surface area contributed by atoms with Crippen LogP contribution >= 0.6 is 22.7 Å². The number of carbonyl (C=O) groups is 4. The number of anilines is 5. The minimum Gasteiger partial charge on any atom is -0.481 e. The fourth-order valence-electron chi connectivity index (χ4n) is 7.54. The number of aromatic nitrogens is 8. The monoisotopic (exact) mass is 1180 g/mol. The summed E-state index contributed by atoms with van der Waals surface area (Å²) in [6, 6.07) is 20.3. The van der Waals surface area contributed by atoms with Crippen LogP contribution in [0.25, 0.3) is 20.7 Å². The molecule has 9 N–H and O–H groups in total. The molecule has 83 heavy (non-hydrogen) atoms. The smallest absolute Gasteiger partial charge is 0.410 e. The first-order valence-corrected chi connectivity index (χ1v) is 28.0. The van der Waals surface area contributed by atoms with Gasteiger partial charge in [0, 0.05) is 69.4 Å². The summed E-state index contributed by atoms with van der Waals surface area (Å²) in [5.74, 6) is -2.13. The number of nitrogen functional groups attached to an aromatic ring is 3. The van der Waals surface area contributed by atoms with Crippen LogP contribution in [0, 0.1) is 23.5 Å². The number of ketones is 1. The highest BCUT2D eigenvalue weighted by Gasteiger charge is 2.28. The van der Waals surface area contributed by atoms with E-state index in [0.717, 1.165) is 10.6 Å². The van der Waals surface area contributed by atoms with Gasteiger partial charge in [0.2, 0.25) is 0 Å². The minimum absolute atomic E-state index is 0.0113. The van der Waals surface area contributed by atoms with Crippen LogP contribution in [0.3, 0.4) is 0 Å². The number of nitrogens with two attached hydrogens (primary N) is 3. The van der Waals surface area contributed by atoms with E-state index in [9.17, 15) is 33.1 Å². The van der Waals surface area contributed by atoms with Crippen molar-refractivity contribution in [2.24, 2.45) is 11.8 Å². The summed E-state index contributed by atoms with van der Waals surface area (Å²) >= 11 is 2.72. The molecule has 8 rings (SSSR count). The largest absolute Gasteiger partial charge is 0.481 e. The average Bonchev–Trinajstić information content (AvgIpc) is 4.31. The lowest BCUT2D eigenvalue weighted by Crippen LogP contribution is -2.41. The van der Waals surface area contributed by atoms with Gasteiger partial charge in [-0.2, -0.15) is 0 Å². The Morgan fingerprint density at radius 2 is 1.02 bits per heavy atom. The van der Waals surface area contributed by atoms with E-state index in [2.05, 4.69) is 45.5 Å². The van der Waals surface area contributed by atoms with E-state index >= 15 is 0 Å². The van der Waals surface area contributed by atoms with Gasteiger partial charge in [-0.05, 0) is 89.6 Å². The first kappa shape index (κ1) is 63.4. The summed E-state index contributed by atoms with van der Waals surface area (Å²) in [7, 11) is 0. The second-order valence-corrected chi connectivity index (χ2v) is 23.1. The van der Waals surface area contributed by atoms with Gasteiger partial charge in [-0.25, -0.2) is 48.3 Å². The summed E-state index contributed by atoms with van der Waals surface area (Å²) in [5.41, 5.74) is 19.6. The van der Waals surface area contributed by atoms with Crippen molar-refractivity contribution in [2.45, 2.75) is 98.9 Å². The second-order valence-electron chi connectivity index (χ2n) is 21.0. The van der Waals surface area contributed by atoms with E-state index in [4.69, 9.17) is 31.7 Å². The molecule has 0 fully saturated rings. The highest BCUT2D eigenvalue weighted by molar-refractivity contribution is 7.18.